The van der Waals surface area contributed by atoms with E-state index in [0.717, 1.165) is 5.56 Å². The Morgan fingerprint density at radius 2 is 1.96 bits per heavy atom. The number of hydrogen-bond donors (Lipinski definition) is 0. The lowest BCUT2D eigenvalue weighted by molar-refractivity contribution is -0.146. The van der Waals surface area contributed by atoms with E-state index < -0.39 is 5.92 Å². The molecule has 2 aromatic rings. The van der Waals surface area contributed by atoms with Crippen LogP contribution in [0.15, 0.2) is 59.2 Å². The first-order valence-corrected chi connectivity index (χ1v) is 7.72. The molecule has 2 rings (SSSR count). The summed E-state index contributed by atoms with van der Waals surface area (Å²) in [7, 11) is 1.35. The van der Waals surface area contributed by atoms with Crippen LogP contribution in [0.1, 0.15) is 18.2 Å². The van der Waals surface area contributed by atoms with Crippen molar-refractivity contribution in [1.29, 1.82) is 0 Å². The molecule has 0 aliphatic carbocycles. The van der Waals surface area contributed by atoms with Crippen LogP contribution >= 0.6 is 0 Å². The summed E-state index contributed by atoms with van der Waals surface area (Å²) in [5.74, 6) is -0.328. The van der Waals surface area contributed by atoms with Gasteiger partial charge >= 0.3 is 5.97 Å². The van der Waals surface area contributed by atoms with E-state index in [9.17, 15) is 9.59 Å². The van der Waals surface area contributed by atoms with E-state index in [4.69, 9.17) is 9.15 Å². The third kappa shape index (κ3) is 5.12. The smallest absolute Gasteiger partial charge is 0.310 e. The summed E-state index contributed by atoms with van der Waals surface area (Å²) in [6.45, 7) is 2.44. The molecular formula is C19H21NO4. The first-order chi connectivity index (χ1) is 11.6. The Kier molecular flexibility index (Phi) is 6.37. The molecule has 126 valence electrons. The zero-order valence-corrected chi connectivity index (χ0v) is 13.8. The topological polar surface area (TPSA) is 59.8 Å². The molecule has 5 heteroatoms. The summed E-state index contributed by atoms with van der Waals surface area (Å²) in [5.41, 5.74) is 0.995. The fraction of sp³-hybridized carbons (Fsp3) is 0.263. The van der Waals surface area contributed by atoms with Crippen molar-refractivity contribution in [1.82, 2.24) is 4.90 Å². The van der Waals surface area contributed by atoms with Crippen LogP contribution in [0.4, 0.5) is 0 Å². The summed E-state index contributed by atoms with van der Waals surface area (Å²) in [6, 6.07) is 13.2. The number of furan rings is 1. The number of carbonyl (C=O) groups excluding carboxylic acids is 2. The van der Waals surface area contributed by atoms with Gasteiger partial charge in [0.2, 0.25) is 5.91 Å². The first kappa shape index (κ1) is 17.5. The largest absolute Gasteiger partial charge is 0.469 e. The molecule has 1 unspecified atom stereocenters. The summed E-state index contributed by atoms with van der Waals surface area (Å²) in [5, 5.41) is 0. The van der Waals surface area contributed by atoms with Crippen LogP contribution in [0.25, 0.3) is 6.08 Å². The molecule has 0 radical (unpaired) electrons. The molecule has 0 aliphatic heterocycles. The number of esters is 1. The molecule has 5 nitrogen and oxygen atoms in total. The van der Waals surface area contributed by atoms with Gasteiger partial charge in [0, 0.05) is 19.2 Å². The van der Waals surface area contributed by atoms with E-state index >= 15 is 0 Å². The van der Waals surface area contributed by atoms with Gasteiger partial charge in [-0.05, 0) is 23.8 Å². The normalized spacial score (nSPS) is 12.1. The predicted molar refractivity (Wildman–Crippen MR) is 90.8 cm³/mol. The highest BCUT2D eigenvalue weighted by atomic mass is 16.5. The Hall–Kier alpha value is -2.82. The summed E-state index contributed by atoms with van der Waals surface area (Å²) in [4.78, 5) is 25.8. The Labute approximate surface area is 141 Å². The van der Waals surface area contributed by atoms with Crippen molar-refractivity contribution in [3.05, 3.63) is 66.1 Å². The fourth-order valence-electron chi connectivity index (χ4n) is 2.29. The minimum Gasteiger partial charge on any atom is -0.469 e. The van der Waals surface area contributed by atoms with Crippen molar-refractivity contribution >= 4 is 18.0 Å². The van der Waals surface area contributed by atoms with Crippen LogP contribution < -0.4 is 0 Å². The van der Waals surface area contributed by atoms with Crippen molar-refractivity contribution in [2.24, 2.45) is 5.92 Å². The molecule has 1 aromatic carbocycles. The standard InChI is InChI=1S/C19H21NO4/c1-15(19(22)23-2)13-20(14-16-7-4-3-5-8-16)18(21)11-10-17-9-6-12-24-17/h3-12,15H,13-14H2,1-2H3/b11-10+. The second kappa shape index (κ2) is 8.72. The Balaban J connectivity index is 2.11. The highest BCUT2D eigenvalue weighted by Crippen LogP contribution is 2.11. The molecule has 1 heterocycles. The van der Waals surface area contributed by atoms with E-state index in [2.05, 4.69) is 0 Å². The molecule has 1 amide bonds. The van der Waals surface area contributed by atoms with Crippen LogP contribution in [-0.2, 0) is 20.9 Å². The number of amides is 1. The summed E-state index contributed by atoms with van der Waals surface area (Å²) in [6.07, 6.45) is 4.61. The average molecular weight is 327 g/mol. The Morgan fingerprint density at radius 1 is 1.21 bits per heavy atom. The minimum absolute atomic E-state index is 0.189. The van der Waals surface area contributed by atoms with Gasteiger partial charge in [0.25, 0.3) is 0 Å². The number of carbonyl (C=O) groups is 2. The molecular weight excluding hydrogens is 306 g/mol. The van der Waals surface area contributed by atoms with E-state index in [1.165, 1.54) is 13.2 Å². The van der Waals surface area contributed by atoms with Gasteiger partial charge in [-0.25, -0.2) is 0 Å². The number of ether oxygens (including phenoxy) is 1. The van der Waals surface area contributed by atoms with Crippen LogP contribution in [0.3, 0.4) is 0 Å². The molecule has 1 atom stereocenters. The maximum absolute atomic E-state index is 12.5. The van der Waals surface area contributed by atoms with Crippen LogP contribution in [0.2, 0.25) is 0 Å². The number of methoxy groups -OCH3 is 1. The van der Waals surface area contributed by atoms with Gasteiger partial charge in [-0.1, -0.05) is 37.3 Å². The lowest BCUT2D eigenvalue weighted by Gasteiger charge is -2.24. The minimum atomic E-state index is -0.403. The lowest BCUT2D eigenvalue weighted by atomic mass is 10.1. The zero-order valence-electron chi connectivity index (χ0n) is 13.8. The lowest BCUT2D eigenvalue weighted by Crippen LogP contribution is -2.35. The molecule has 0 bridgehead atoms. The fourth-order valence-corrected chi connectivity index (χ4v) is 2.29. The maximum atomic E-state index is 12.5. The molecule has 0 N–H and O–H groups in total. The van der Waals surface area contributed by atoms with Gasteiger partial charge in [-0.3, -0.25) is 9.59 Å². The molecule has 24 heavy (non-hydrogen) atoms. The SMILES string of the molecule is COC(=O)C(C)CN(Cc1ccccc1)C(=O)/C=C/c1ccco1. The first-order valence-electron chi connectivity index (χ1n) is 7.72. The van der Waals surface area contributed by atoms with Gasteiger partial charge in [0.1, 0.15) is 5.76 Å². The van der Waals surface area contributed by atoms with Gasteiger partial charge in [0.15, 0.2) is 0 Å². The third-order valence-electron chi connectivity index (χ3n) is 3.56. The van der Waals surface area contributed by atoms with Crippen molar-refractivity contribution in [3.63, 3.8) is 0 Å². The van der Waals surface area contributed by atoms with E-state index in [1.54, 1.807) is 36.3 Å². The molecule has 0 saturated heterocycles. The van der Waals surface area contributed by atoms with Crippen molar-refractivity contribution in [2.75, 3.05) is 13.7 Å². The Bertz CT molecular complexity index is 677. The monoisotopic (exact) mass is 327 g/mol. The predicted octanol–water partition coefficient (Wildman–Crippen LogP) is 3.13. The summed E-state index contributed by atoms with van der Waals surface area (Å²) < 4.78 is 9.94. The van der Waals surface area contributed by atoms with Crippen LogP contribution in [0.5, 0.6) is 0 Å². The van der Waals surface area contributed by atoms with Crippen LogP contribution in [0, 0.1) is 5.92 Å². The van der Waals surface area contributed by atoms with Gasteiger partial charge in [-0.15, -0.1) is 0 Å². The molecule has 0 fully saturated rings. The van der Waals surface area contributed by atoms with E-state index in [-0.39, 0.29) is 18.4 Å². The highest BCUT2D eigenvalue weighted by molar-refractivity contribution is 5.91. The maximum Gasteiger partial charge on any atom is 0.310 e. The molecule has 0 spiro atoms. The summed E-state index contributed by atoms with van der Waals surface area (Å²) >= 11 is 0. The van der Waals surface area contributed by atoms with Gasteiger partial charge in [-0.2, -0.15) is 0 Å². The third-order valence-corrected chi connectivity index (χ3v) is 3.56. The number of benzene rings is 1. The quantitative estimate of drug-likeness (QED) is 0.579. The number of rotatable bonds is 7. The molecule has 1 aromatic heterocycles. The van der Waals surface area contributed by atoms with Crippen molar-refractivity contribution in [2.45, 2.75) is 13.5 Å². The number of hydrogen-bond acceptors (Lipinski definition) is 4. The second-order valence-electron chi connectivity index (χ2n) is 5.48. The highest BCUT2D eigenvalue weighted by Gasteiger charge is 2.20. The average Bonchev–Trinajstić information content (AvgIpc) is 3.12. The van der Waals surface area contributed by atoms with E-state index in [0.29, 0.717) is 12.3 Å². The van der Waals surface area contributed by atoms with Gasteiger partial charge in [0.05, 0.1) is 19.3 Å². The number of nitrogens with zero attached hydrogens (tertiary/aromatic N) is 1. The van der Waals surface area contributed by atoms with Crippen LogP contribution in [-0.4, -0.2) is 30.4 Å². The van der Waals surface area contributed by atoms with Crippen molar-refractivity contribution < 1.29 is 18.7 Å². The second-order valence-corrected chi connectivity index (χ2v) is 5.48. The zero-order chi connectivity index (χ0) is 17.4. The molecule has 0 aliphatic rings. The molecule has 0 saturated carbocycles. The Morgan fingerprint density at radius 3 is 2.58 bits per heavy atom. The van der Waals surface area contributed by atoms with Gasteiger partial charge < -0.3 is 14.1 Å². The van der Waals surface area contributed by atoms with Crippen molar-refractivity contribution in [3.8, 4) is 0 Å². The van der Waals surface area contributed by atoms with E-state index in [1.807, 2.05) is 30.3 Å².